The number of carboxylic acids is 1. The first kappa shape index (κ1) is 25.1. The zero-order valence-corrected chi connectivity index (χ0v) is 20.5. The number of carboxylic acid groups (broad SMARTS) is 1. The Labute approximate surface area is 211 Å². The van der Waals surface area contributed by atoms with Crippen molar-refractivity contribution in [2.45, 2.75) is 32.4 Å². The minimum atomic E-state index is -0.788. The van der Waals surface area contributed by atoms with E-state index in [1.807, 2.05) is 24.0 Å². The van der Waals surface area contributed by atoms with Gasteiger partial charge in [-0.15, -0.1) is 0 Å². The van der Waals surface area contributed by atoms with Gasteiger partial charge in [-0.1, -0.05) is 41.3 Å². The lowest BCUT2D eigenvalue weighted by Gasteiger charge is -2.27. The maximum absolute atomic E-state index is 13.7. The standard InChI is InChI=1S/C22H25Cl2FN8O2/c1-2-16(21(34)35)31-9-4-10-32(12-11-31)20-14(5-3-8-26-20)13-27-22-28-29-30-33(22)17-7-6-15(25)18(23)19(17)24/h3,5-8,16H,2,4,9-13H2,1H3,(H,34,35)(H,27,28,30). The molecule has 4 rings (SSSR count). The van der Waals surface area contributed by atoms with Crippen LogP contribution in [0.4, 0.5) is 16.2 Å². The van der Waals surface area contributed by atoms with Gasteiger partial charge in [-0.05, 0) is 41.5 Å². The van der Waals surface area contributed by atoms with Gasteiger partial charge in [0.15, 0.2) is 0 Å². The fourth-order valence-corrected chi connectivity index (χ4v) is 4.61. The Bertz CT molecular complexity index is 1190. The third-order valence-electron chi connectivity index (χ3n) is 5.96. The zero-order chi connectivity index (χ0) is 24.9. The molecular weight excluding hydrogens is 498 g/mol. The van der Waals surface area contributed by atoms with E-state index in [2.05, 4.69) is 30.7 Å². The topological polar surface area (TPSA) is 112 Å². The second kappa shape index (κ2) is 11.1. The van der Waals surface area contributed by atoms with Crippen molar-refractivity contribution in [3.05, 3.63) is 51.9 Å². The number of halogens is 3. The van der Waals surface area contributed by atoms with Crippen LogP contribution in [0.3, 0.4) is 0 Å². The molecule has 1 unspecified atom stereocenters. The first-order chi connectivity index (χ1) is 16.9. The Morgan fingerprint density at radius 2 is 2.03 bits per heavy atom. The van der Waals surface area contributed by atoms with Gasteiger partial charge in [-0.2, -0.15) is 4.68 Å². The number of hydrogen-bond acceptors (Lipinski definition) is 8. The summed E-state index contributed by atoms with van der Waals surface area (Å²) >= 11 is 12.2. The van der Waals surface area contributed by atoms with Gasteiger partial charge in [0, 0.05) is 44.5 Å². The average molecular weight is 523 g/mol. The predicted molar refractivity (Wildman–Crippen MR) is 131 cm³/mol. The Balaban J connectivity index is 1.50. The lowest BCUT2D eigenvalue weighted by atomic mass is 10.2. The van der Waals surface area contributed by atoms with Crippen molar-refractivity contribution in [2.75, 3.05) is 36.4 Å². The van der Waals surface area contributed by atoms with E-state index in [1.165, 1.54) is 16.8 Å². The van der Waals surface area contributed by atoms with E-state index in [-0.39, 0.29) is 10.0 Å². The molecule has 1 atom stereocenters. The van der Waals surface area contributed by atoms with Crippen molar-refractivity contribution in [1.29, 1.82) is 0 Å². The summed E-state index contributed by atoms with van der Waals surface area (Å²) in [5.41, 5.74) is 1.26. The highest BCUT2D eigenvalue weighted by atomic mass is 35.5. The summed E-state index contributed by atoms with van der Waals surface area (Å²) in [6.45, 7) is 5.04. The molecule has 10 nitrogen and oxygen atoms in total. The number of benzene rings is 1. The van der Waals surface area contributed by atoms with Crippen molar-refractivity contribution < 1.29 is 14.3 Å². The Morgan fingerprint density at radius 3 is 2.80 bits per heavy atom. The Hall–Kier alpha value is -3.02. The number of hydrogen-bond donors (Lipinski definition) is 2. The molecule has 0 radical (unpaired) electrons. The molecule has 0 aliphatic carbocycles. The molecule has 35 heavy (non-hydrogen) atoms. The first-order valence-electron chi connectivity index (χ1n) is 11.2. The number of rotatable bonds is 8. The second-order valence-electron chi connectivity index (χ2n) is 8.09. The highest BCUT2D eigenvalue weighted by molar-refractivity contribution is 6.43. The monoisotopic (exact) mass is 522 g/mol. The van der Waals surface area contributed by atoms with Crippen LogP contribution in [0.25, 0.3) is 5.69 Å². The van der Waals surface area contributed by atoms with Gasteiger partial charge < -0.3 is 15.3 Å². The highest BCUT2D eigenvalue weighted by Crippen LogP contribution is 2.31. The third-order valence-corrected chi connectivity index (χ3v) is 6.81. The summed E-state index contributed by atoms with van der Waals surface area (Å²) in [5.74, 6) is -0.303. The highest BCUT2D eigenvalue weighted by Gasteiger charge is 2.27. The van der Waals surface area contributed by atoms with Gasteiger partial charge in [0.2, 0.25) is 5.95 Å². The summed E-state index contributed by atoms with van der Waals surface area (Å²) in [4.78, 5) is 20.4. The van der Waals surface area contributed by atoms with Crippen molar-refractivity contribution in [3.8, 4) is 5.69 Å². The number of carbonyl (C=O) groups is 1. The molecule has 0 bridgehead atoms. The largest absolute Gasteiger partial charge is 0.480 e. The predicted octanol–water partition coefficient (Wildman–Crippen LogP) is 3.49. The van der Waals surface area contributed by atoms with Crippen LogP contribution >= 0.6 is 23.2 Å². The molecule has 3 aromatic rings. The molecule has 1 aliphatic heterocycles. The molecule has 0 saturated carbocycles. The summed E-state index contributed by atoms with van der Waals surface area (Å²) in [7, 11) is 0. The summed E-state index contributed by atoms with van der Waals surface area (Å²) in [6.07, 6.45) is 3.12. The maximum atomic E-state index is 13.7. The molecule has 0 spiro atoms. The SMILES string of the molecule is CCC(C(=O)O)N1CCCN(c2ncccc2CNc2nnnn2-c2ccc(F)c(Cl)c2Cl)CC1. The van der Waals surface area contributed by atoms with Crippen LogP contribution in [0.15, 0.2) is 30.5 Å². The number of tetrazole rings is 1. The molecule has 1 saturated heterocycles. The van der Waals surface area contributed by atoms with E-state index >= 15 is 0 Å². The number of aromatic nitrogens is 5. The smallest absolute Gasteiger partial charge is 0.320 e. The molecule has 2 aromatic heterocycles. The molecule has 0 amide bonds. The molecule has 13 heteroatoms. The van der Waals surface area contributed by atoms with Gasteiger partial charge >= 0.3 is 5.97 Å². The van der Waals surface area contributed by atoms with Crippen LogP contribution in [0.5, 0.6) is 0 Å². The van der Waals surface area contributed by atoms with E-state index in [9.17, 15) is 14.3 Å². The summed E-state index contributed by atoms with van der Waals surface area (Å²) < 4.78 is 15.1. The lowest BCUT2D eigenvalue weighted by Crippen LogP contribution is -2.43. The Morgan fingerprint density at radius 1 is 1.20 bits per heavy atom. The van der Waals surface area contributed by atoms with Gasteiger partial charge in [0.25, 0.3) is 0 Å². The van der Waals surface area contributed by atoms with E-state index in [1.54, 1.807) is 6.20 Å². The third kappa shape index (κ3) is 5.47. The Kier molecular flexibility index (Phi) is 7.99. The van der Waals surface area contributed by atoms with Crippen LogP contribution in [-0.2, 0) is 11.3 Å². The van der Waals surface area contributed by atoms with Crippen molar-refractivity contribution in [3.63, 3.8) is 0 Å². The minimum Gasteiger partial charge on any atom is -0.480 e. The van der Waals surface area contributed by atoms with Crippen LogP contribution in [0, 0.1) is 5.82 Å². The van der Waals surface area contributed by atoms with Crippen molar-refractivity contribution in [2.24, 2.45) is 0 Å². The molecule has 2 N–H and O–H groups in total. The van der Waals surface area contributed by atoms with Crippen molar-refractivity contribution >= 4 is 40.9 Å². The van der Waals surface area contributed by atoms with Gasteiger partial charge in [-0.3, -0.25) is 9.69 Å². The van der Waals surface area contributed by atoms with Gasteiger partial charge in [0.1, 0.15) is 17.7 Å². The minimum absolute atomic E-state index is 0.00458. The molecule has 1 aromatic carbocycles. The summed E-state index contributed by atoms with van der Waals surface area (Å²) in [5, 5.41) is 24.2. The lowest BCUT2D eigenvalue weighted by molar-refractivity contribution is -0.143. The van der Waals surface area contributed by atoms with Crippen LogP contribution in [-0.4, -0.2) is 73.4 Å². The van der Waals surface area contributed by atoms with Gasteiger partial charge in [0.05, 0.1) is 15.7 Å². The fraction of sp³-hybridized carbons (Fsp3) is 0.409. The molecule has 3 heterocycles. The average Bonchev–Trinajstić information content (AvgIpc) is 3.18. The number of nitrogens with zero attached hydrogens (tertiary/aromatic N) is 7. The zero-order valence-electron chi connectivity index (χ0n) is 19.0. The van der Waals surface area contributed by atoms with E-state index in [4.69, 9.17) is 23.2 Å². The number of aliphatic carboxylic acids is 1. The van der Waals surface area contributed by atoms with Gasteiger partial charge in [-0.25, -0.2) is 9.37 Å². The number of nitrogens with one attached hydrogen (secondary N) is 1. The number of anilines is 2. The molecule has 1 aliphatic rings. The van der Waals surface area contributed by atoms with E-state index in [0.717, 1.165) is 30.9 Å². The summed E-state index contributed by atoms with van der Waals surface area (Å²) in [6, 6.07) is 5.97. The molecular formula is C22H25Cl2FN8O2. The normalized spacial score (nSPS) is 15.6. The van der Waals surface area contributed by atoms with E-state index in [0.29, 0.717) is 37.7 Å². The quantitative estimate of drug-likeness (QED) is 0.429. The fourth-order valence-electron chi connectivity index (χ4n) is 4.22. The second-order valence-corrected chi connectivity index (χ2v) is 8.84. The van der Waals surface area contributed by atoms with Crippen LogP contribution in [0.1, 0.15) is 25.3 Å². The maximum Gasteiger partial charge on any atom is 0.320 e. The molecule has 186 valence electrons. The van der Waals surface area contributed by atoms with Crippen LogP contribution in [0.2, 0.25) is 10.0 Å². The molecule has 1 fully saturated rings. The first-order valence-corrected chi connectivity index (χ1v) is 12.0. The van der Waals surface area contributed by atoms with Crippen molar-refractivity contribution in [1.82, 2.24) is 30.1 Å². The number of pyridine rings is 1. The van der Waals surface area contributed by atoms with E-state index < -0.39 is 17.8 Å². The van der Waals surface area contributed by atoms with Crippen LogP contribution < -0.4 is 10.2 Å².